The van der Waals surface area contributed by atoms with Crippen LogP contribution >= 0.6 is 12.8 Å². The molecule has 0 atom stereocenters. The van der Waals surface area contributed by atoms with Crippen LogP contribution in [-0.2, 0) is 0 Å². The van der Waals surface area contributed by atoms with Crippen LogP contribution in [0.15, 0.2) is 29.4 Å². The number of allylic oxidation sites excluding steroid dienone is 4. The lowest BCUT2D eigenvalue weighted by molar-refractivity contribution is 1.13. The molecule has 1 rings (SSSR count). The first-order valence-corrected chi connectivity index (χ1v) is 3.20. The topological polar surface area (TPSA) is 48.2 Å². The fourth-order valence-corrected chi connectivity index (χ4v) is 0.733. The lowest BCUT2D eigenvalue weighted by Gasteiger charge is -2.00. The molecule has 0 saturated heterocycles. The van der Waals surface area contributed by atoms with E-state index in [4.69, 9.17) is 5.41 Å². The average Bonchev–Trinajstić information content (AvgIpc) is 1.94. The van der Waals surface area contributed by atoms with Crippen LogP contribution in [0.2, 0.25) is 0 Å². The molecule has 0 heterocycles. The lowest BCUT2D eigenvalue weighted by atomic mass is 10.1. The minimum absolute atomic E-state index is 0.393. The molecule has 1 aliphatic rings. The monoisotopic (exact) mass is 153 g/mol. The van der Waals surface area contributed by atoms with E-state index in [1.165, 1.54) is 0 Å². The number of rotatable bonds is 1. The van der Waals surface area contributed by atoms with E-state index in [9.17, 15) is 0 Å². The largest absolute Gasteiger partial charge is 0.299 e. The Morgan fingerprint density at radius 2 is 2.10 bits per heavy atom. The van der Waals surface area contributed by atoms with Crippen LogP contribution in [0.25, 0.3) is 0 Å². The second-order valence-corrected chi connectivity index (χ2v) is 1.93. The highest BCUT2D eigenvalue weighted by Crippen LogP contribution is 1.94. The van der Waals surface area contributed by atoms with Gasteiger partial charge in [-0.1, -0.05) is 25.0 Å². The standard InChI is InChI=1S/C6H7N3S/c7-5-3-1-2-4-6(5)8-9-10/h1-4,7,9-10H/b7-5?,8-6-. The van der Waals surface area contributed by atoms with Gasteiger partial charge in [0, 0.05) is 0 Å². The number of nitrogens with zero attached hydrogens (tertiary/aromatic N) is 1. The zero-order valence-electron chi connectivity index (χ0n) is 5.20. The number of thiol groups is 1. The van der Waals surface area contributed by atoms with Gasteiger partial charge in [0.05, 0.1) is 5.71 Å². The minimum Gasteiger partial charge on any atom is -0.299 e. The average molecular weight is 153 g/mol. The van der Waals surface area contributed by atoms with Gasteiger partial charge in [0.25, 0.3) is 0 Å². The summed E-state index contributed by atoms with van der Waals surface area (Å²) < 4.78 is 0. The summed E-state index contributed by atoms with van der Waals surface area (Å²) in [4.78, 5) is 2.32. The minimum atomic E-state index is 0.393. The predicted molar refractivity (Wildman–Crippen MR) is 45.6 cm³/mol. The lowest BCUT2D eigenvalue weighted by Crippen LogP contribution is -2.11. The highest BCUT2D eigenvalue weighted by atomic mass is 32.1. The van der Waals surface area contributed by atoms with Gasteiger partial charge in [-0.15, -0.1) is 0 Å². The van der Waals surface area contributed by atoms with Crippen LogP contribution in [0.4, 0.5) is 0 Å². The van der Waals surface area contributed by atoms with Crippen molar-refractivity contribution in [2.45, 2.75) is 0 Å². The SMILES string of the molecule is N=C1C=CC=C/C1=N/NS. The van der Waals surface area contributed by atoms with E-state index in [-0.39, 0.29) is 0 Å². The fourth-order valence-electron chi connectivity index (χ4n) is 0.625. The van der Waals surface area contributed by atoms with Crippen LogP contribution in [0.5, 0.6) is 0 Å². The molecule has 0 aromatic carbocycles. The Labute approximate surface area is 64.6 Å². The van der Waals surface area contributed by atoms with Crippen LogP contribution in [0.3, 0.4) is 0 Å². The number of hydrogen-bond donors (Lipinski definition) is 3. The summed E-state index contributed by atoms with van der Waals surface area (Å²) in [6, 6.07) is 0. The summed E-state index contributed by atoms with van der Waals surface area (Å²) in [6.07, 6.45) is 7.03. The van der Waals surface area contributed by atoms with E-state index in [0.717, 1.165) is 0 Å². The summed E-state index contributed by atoms with van der Waals surface area (Å²) in [5.74, 6) is 0. The molecule has 0 bridgehead atoms. The van der Waals surface area contributed by atoms with Gasteiger partial charge in [0.15, 0.2) is 0 Å². The van der Waals surface area contributed by atoms with Crippen LogP contribution in [-0.4, -0.2) is 11.4 Å². The Morgan fingerprint density at radius 1 is 1.40 bits per heavy atom. The molecule has 0 unspecified atom stereocenters. The maximum absolute atomic E-state index is 7.31. The highest BCUT2D eigenvalue weighted by molar-refractivity contribution is 7.78. The van der Waals surface area contributed by atoms with Gasteiger partial charge in [0.1, 0.15) is 5.71 Å². The van der Waals surface area contributed by atoms with E-state index in [0.29, 0.717) is 11.4 Å². The molecule has 0 saturated carbocycles. The third kappa shape index (κ3) is 1.48. The summed E-state index contributed by atoms with van der Waals surface area (Å²) in [5.41, 5.74) is 0.988. The van der Waals surface area contributed by atoms with Gasteiger partial charge in [0.2, 0.25) is 0 Å². The van der Waals surface area contributed by atoms with Crippen LogP contribution in [0.1, 0.15) is 0 Å². The molecule has 10 heavy (non-hydrogen) atoms. The molecule has 0 aliphatic heterocycles. The van der Waals surface area contributed by atoms with Crippen LogP contribution in [0, 0.1) is 5.41 Å². The van der Waals surface area contributed by atoms with Gasteiger partial charge in [-0.3, -0.25) is 10.2 Å². The molecule has 0 spiro atoms. The molecule has 0 radical (unpaired) electrons. The number of hydrogen-bond acceptors (Lipinski definition) is 4. The molecule has 2 N–H and O–H groups in total. The molecular weight excluding hydrogens is 146 g/mol. The van der Waals surface area contributed by atoms with Gasteiger partial charge in [-0.05, 0) is 12.2 Å². The highest BCUT2D eigenvalue weighted by Gasteiger charge is 2.01. The third-order valence-corrected chi connectivity index (χ3v) is 1.17. The smallest absolute Gasteiger partial charge is 0.109 e. The molecule has 0 aromatic heterocycles. The summed E-state index contributed by atoms with van der Waals surface area (Å²) in [6.45, 7) is 0. The molecule has 52 valence electrons. The quantitative estimate of drug-likeness (QED) is 0.293. The molecule has 4 heteroatoms. The molecule has 1 aliphatic carbocycles. The van der Waals surface area contributed by atoms with Crippen molar-refractivity contribution in [3.05, 3.63) is 24.3 Å². The molecule has 0 aromatic rings. The fraction of sp³-hybridized carbons (Fsp3) is 0. The first kappa shape index (κ1) is 7.08. The summed E-state index contributed by atoms with van der Waals surface area (Å²) >= 11 is 3.68. The normalized spacial score (nSPS) is 20.1. The van der Waals surface area contributed by atoms with E-state index in [1.807, 2.05) is 6.08 Å². The van der Waals surface area contributed by atoms with Gasteiger partial charge < -0.3 is 0 Å². The Kier molecular flexibility index (Phi) is 2.28. The van der Waals surface area contributed by atoms with Crippen molar-refractivity contribution in [2.24, 2.45) is 5.10 Å². The van der Waals surface area contributed by atoms with Crippen molar-refractivity contribution in [1.82, 2.24) is 4.83 Å². The van der Waals surface area contributed by atoms with Crippen molar-refractivity contribution in [3.8, 4) is 0 Å². The van der Waals surface area contributed by atoms with Gasteiger partial charge in [-0.2, -0.15) is 5.10 Å². The van der Waals surface area contributed by atoms with E-state index < -0.39 is 0 Å². The van der Waals surface area contributed by atoms with Crippen LogP contribution < -0.4 is 4.83 Å². The zero-order chi connectivity index (χ0) is 7.40. The van der Waals surface area contributed by atoms with Crippen molar-refractivity contribution in [1.29, 1.82) is 5.41 Å². The van der Waals surface area contributed by atoms with Crippen molar-refractivity contribution >= 4 is 24.2 Å². The van der Waals surface area contributed by atoms with E-state index in [2.05, 4.69) is 22.7 Å². The second-order valence-electron chi connectivity index (χ2n) is 1.73. The maximum atomic E-state index is 7.31. The Hall–Kier alpha value is -1.03. The molecule has 0 fully saturated rings. The Balaban J connectivity index is 2.80. The Bertz CT molecular complexity index is 227. The third-order valence-electron chi connectivity index (χ3n) is 1.07. The first-order chi connectivity index (χ1) is 4.84. The molecule has 3 nitrogen and oxygen atoms in total. The molecular formula is C6H7N3S. The van der Waals surface area contributed by atoms with Crippen molar-refractivity contribution < 1.29 is 0 Å². The zero-order valence-corrected chi connectivity index (χ0v) is 6.10. The number of nitrogens with one attached hydrogen (secondary N) is 2. The number of hydrazone groups is 1. The van der Waals surface area contributed by atoms with Crippen molar-refractivity contribution in [3.63, 3.8) is 0 Å². The van der Waals surface area contributed by atoms with E-state index >= 15 is 0 Å². The van der Waals surface area contributed by atoms with Crippen molar-refractivity contribution in [2.75, 3.05) is 0 Å². The van der Waals surface area contributed by atoms with E-state index in [1.54, 1.807) is 18.2 Å². The second kappa shape index (κ2) is 3.22. The predicted octanol–water partition coefficient (Wildman–Crippen LogP) is 0.923. The van der Waals surface area contributed by atoms with Gasteiger partial charge in [-0.25, -0.2) is 0 Å². The summed E-state index contributed by atoms with van der Waals surface area (Å²) in [5, 5.41) is 11.0. The van der Waals surface area contributed by atoms with Gasteiger partial charge >= 0.3 is 0 Å². The first-order valence-electron chi connectivity index (χ1n) is 2.75. The summed E-state index contributed by atoms with van der Waals surface area (Å²) in [7, 11) is 0. The molecule has 0 amide bonds. The Morgan fingerprint density at radius 3 is 2.70 bits per heavy atom. The maximum Gasteiger partial charge on any atom is 0.109 e.